The van der Waals surface area contributed by atoms with Crippen LogP contribution >= 0.6 is 11.3 Å². The second-order valence-corrected chi connectivity index (χ2v) is 10.2. The fourth-order valence-corrected chi connectivity index (χ4v) is 5.26. The lowest BCUT2D eigenvalue weighted by Crippen LogP contribution is -2.32. The zero-order valence-corrected chi connectivity index (χ0v) is 18.2. The number of rotatable bonds is 9. The van der Waals surface area contributed by atoms with E-state index >= 15 is 0 Å². The third kappa shape index (κ3) is 6.37. The van der Waals surface area contributed by atoms with Gasteiger partial charge in [0.05, 0.1) is 17.6 Å². The van der Waals surface area contributed by atoms with Gasteiger partial charge in [0.15, 0.2) is 0 Å². The summed E-state index contributed by atoms with van der Waals surface area (Å²) in [6.07, 6.45) is 5.00. The zero-order valence-electron chi connectivity index (χ0n) is 16.6. The molecule has 2 atom stereocenters. The van der Waals surface area contributed by atoms with Gasteiger partial charge in [0.1, 0.15) is 0 Å². The van der Waals surface area contributed by atoms with Gasteiger partial charge in [0.2, 0.25) is 10.0 Å². The predicted molar refractivity (Wildman–Crippen MR) is 114 cm³/mol. The predicted octanol–water partition coefficient (Wildman–Crippen LogP) is 3.55. The quantitative estimate of drug-likeness (QED) is 0.589. The van der Waals surface area contributed by atoms with Crippen LogP contribution in [0.15, 0.2) is 46.7 Å². The molecule has 0 spiro atoms. The summed E-state index contributed by atoms with van der Waals surface area (Å²) in [6, 6.07) is 9.81. The van der Waals surface area contributed by atoms with Crippen LogP contribution in [0.1, 0.15) is 47.8 Å². The van der Waals surface area contributed by atoms with Crippen LogP contribution in [0.2, 0.25) is 0 Å². The SMILES string of the molecule is CC1CCCCC1OCCNC(=O)c1cccc(S(=O)(=O)NCc2cccs2)c1. The molecule has 1 fully saturated rings. The molecule has 0 saturated heterocycles. The minimum Gasteiger partial charge on any atom is -0.376 e. The van der Waals surface area contributed by atoms with Crippen LogP contribution in [0, 0.1) is 5.92 Å². The number of carbonyl (C=O) groups is 1. The first-order chi connectivity index (χ1) is 14.0. The van der Waals surface area contributed by atoms with Crippen molar-refractivity contribution in [2.45, 2.75) is 50.2 Å². The summed E-state index contributed by atoms with van der Waals surface area (Å²) in [5, 5.41) is 4.70. The van der Waals surface area contributed by atoms with E-state index in [0.29, 0.717) is 24.6 Å². The van der Waals surface area contributed by atoms with Crippen LogP contribution in [0.5, 0.6) is 0 Å². The van der Waals surface area contributed by atoms with Gasteiger partial charge in [-0.2, -0.15) is 0 Å². The van der Waals surface area contributed by atoms with E-state index in [9.17, 15) is 13.2 Å². The summed E-state index contributed by atoms with van der Waals surface area (Å²) in [4.78, 5) is 13.4. The molecule has 0 aliphatic heterocycles. The van der Waals surface area contributed by atoms with Crippen molar-refractivity contribution < 1.29 is 17.9 Å². The normalized spacial score (nSPS) is 19.8. The van der Waals surface area contributed by atoms with Crippen LogP contribution in [-0.2, 0) is 21.3 Å². The van der Waals surface area contributed by atoms with Gasteiger partial charge in [-0.3, -0.25) is 4.79 Å². The van der Waals surface area contributed by atoms with Crippen molar-refractivity contribution in [1.82, 2.24) is 10.0 Å². The summed E-state index contributed by atoms with van der Waals surface area (Å²) in [6.45, 7) is 3.30. The maximum Gasteiger partial charge on any atom is 0.251 e. The van der Waals surface area contributed by atoms with E-state index in [1.54, 1.807) is 12.1 Å². The Morgan fingerprint density at radius 3 is 2.79 bits per heavy atom. The molecule has 1 aromatic heterocycles. The lowest BCUT2D eigenvalue weighted by molar-refractivity contribution is -0.00293. The van der Waals surface area contributed by atoms with Crippen LogP contribution in [-0.4, -0.2) is 33.6 Å². The maximum atomic E-state index is 12.5. The van der Waals surface area contributed by atoms with Crippen LogP contribution in [0.3, 0.4) is 0 Å². The zero-order chi connectivity index (χ0) is 20.7. The van der Waals surface area contributed by atoms with E-state index in [4.69, 9.17) is 4.74 Å². The van der Waals surface area contributed by atoms with Gasteiger partial charge >= 0.3 is 0 Å². The monoisotopic (exact) mass is 436 g/mol. The second-order valence-electron chi connectivity index (χ2n) is 7.36. The molecule has 2 aromatic rings. The first-order valence-corrected chi connectivity index (χ1v) is 12.3. The molecular formula is C21H28N2O4S2. The molecule has 1 aliphatic carbocycles. The molecule has 158 valence electrons. The fourth-order valence-electron chi connectivity index (χ4n) is 3.47. The summed E-state index contributed by atoms with van der Waals surface area (Å²) in [5.41, 5.74) is 0.315. The summed E-state index contributed by atoms with van der Waals surface area (Å²) < 4.78 is 33.5. The number of sulfonamides is 1. The van der Waals surface area contributed by atoms with Gasteiger partial charge in [-0.05, 0) is 48.4 Å². The van der Waals surface area contributed by atoms with Crippen molar-refractivity contribution in [3.63, 3.8) is 0 Å². The smallest absolute Gasteiger partial charge is 0.251 e. The highest BCUT2D eigenvalue weighted by molar-refractivity contribution is 7.89. The van der Waals surface area contributed by atoms with Gasteiger partial charge in [-0.1, -0.05) is 31.9 Å². The topological polar surface area (TPSA) is 84.5 Å². The molecule has 1 amide bonds. The Morgan fingerprint density at radius 1 is 1.21 bits per heavy atom. The standard InChI is InChI=1S/C21H28N2O4S2/c1-16-6-2-3-10-20(16)27-12-11-22-21(24)17-7-4-9-19(14-17)29(25,26)23-15-18-8-5-13-28-18/h4-5,7-9,13-14,16,20,23H,2-3,6,10-12,15H2,1H3,(H,22,24). The fraction of sp³-hybridized carbons (Fsp3) is 0.476. The molecule has 2 unspecified atom stereocenters. The Bertz CT molecular complexity index is 897. The number of ether oxygens (including phenoxy) is 1. The van der Waals surface area contributed by atoms with Crippen molar-refractivity contribution in [2.75, 3.05) is 13.2 Å². The minimum atomic E-state index is -3.69. The van der Waals surface area contributed by atoms with Crippen LogP contribution < -0.4 is 10.0 Å². The van der Waals surface area contributed by atoms with Gasteiger partial charge in [0, 0.05) is 23.5 Å². The Hall–Kier alpha value is -1.74. The number of hydrogen-bond acceptors (Lipinski definition) is 5. The molecule has 0 bridgehead atoms. The van der Waals surface area contributed by atoms with Gasteiger partial charge in [-0.15, -0.1) is 11.3 Å². The lowest BCUT2D eigenvalue weighted by atomic mass is 9.88. The average Bonchev–Trinajstić information content (AvgIpc) is 3.25. The van der Waals surface area contributed by atoms with E-state index < -0.39 is 10.0 Å². The molecule has 3 rings (SSSR count). The third-order valence-corrected chi connectivity index (χ3v) is 7.45. The first kappa shape index (κ1) is 22.0. The van der Waals surface area contributed by atoms with E-state index in [-0.39, 0.29) is 23.5 Å². The third-order valence-electron chi connectivity index (χ3n) is 5.18. The molecule has 1 aliphatic rings. The molecule has 0 radical (unpaired) electrons. The Kier molecular flexibility index (Phi) is 7.83. The number of thiophene rings is 1. The highest BCUT2D eigenvalue weighted by Gasteiger charge is 2.21. The molecule has 1 aromatic carbocycles. The number of amides is 1. The van der Waals surface area contributed by atoms with E-state index in [1.807, 2.05) is 17.5 Å². The average molecular weight is 437 g/mol. The number of carbonyl (C=O) groups excluding carboxylic acids is 1. The highest BCUT2D eigenvalue weighted by atomic mass is 32.2. The lowest BCUT2D eigenvalue weighted by Gasteiger charge is -2.28. The number of benzene rings is 1. The number of nitrogens with one attached hydrogen (secondary N) is 2. The minimum absolute atomic E-state index is 0.0778. The first-order valence-electron chi connectivity index (χ1n) is 9.97. The van der Waals surface area contributed by atoms with Crippen molar-refractivity contribution in [3.8, 4) is 0 Å². The van der Waals surface area contributed by atoms with Crippen LogP contribution in [0.4, 0.5) is 0 Å². The van der Waals surface area contributed by atoms with Gasteiger partial charge in [0.25, 0.3) is 5.91 Å². The molecule has 1 heterocycles. The van der Waals surface area contributed by atoms with Crippen molar-refractivity contribution in [3.05, 3.63) is 52.2 Å². The summed E-state index contributed by atoms with van der Waals surface area (Å²) in [7, 11) is -3.69. The van der Waals surface area contributed by atoms with E-state index in [2.05, 4.69) is 17.0 Å². The van der Waals surface area contributed by atoms with Crippen molar-refractivity contribution in [2.24, 2.45) is 5.92 Å². The Morgan fingerprint density at radius 2 is 2.03 bits per heavy atom. The molecule has 6 nitrogen and oxygen atoms in total. The Labute approximate surface area is 176 Å². The van der Waals surface area contributed by atoms with Crippen molar-refractivity contribution in [1.29, 1.82) is 0 Å². The second kappa shape index (κ2) is 10.3. The van der Waals surface area contributed by atoms with Crippen LogP contribution in [0.25, 0.3) is 0 Å². The molecule has 8 heteroatoms. The highest BCUT2D eigenvalue weighted by Crippen LogP contribution is 2.26. The van der Waals surface area contributed by atoms with Crippen molar-refractivity contribution >= 4 is 27.3 Å². The largest absolute Gasteiger partial charge is 0.376 e. The molecule has 1 saturated carbocycles. The maximum absolute atomic E-state index is 12.5. The summed E-state index contributed by atoms with van der Waals surface area (Å²) >= 11 is 1.49. The van der Waals surface area contributed by atoms with E-state index in [1.165, 1.54) is 42.7 Å². The molecule has 2 N–H and O–H groups in total. The Balaban J connectivity index is 1.50. The molecular weight excluding hydrogens is 408 g/mol. The van der Waals surface area contributed by atoms with Gasteiger partial charge in [-0.25, -0.2) is 13.1 Å². The number of hydrogen-bond donors (Lipinski definition) is 2. The van der Waals surface area contributed by atoms with Gasteiger partial charge < -0.3 is 10.1 Å². The summed E-state index contributed by atoms with van der Waals surface area (Å²) in [5.74, 6) is 0.253. The molecule has 29 heavy (non-hydrogen) atoms. The van der Waals surface area contributed by atoms with E-state index in [0.717, 1.165) is 11.3 Å².